The molecule has 1 aliphatic heterocycles. The highest BCUT2D eigenvalue weighted by Gasteiger charge is 2.36. The van der Waals surface area contributed by atoms with Crippen molar-refractivity contribution in [3.63, 3.8) is 0 Å². The number of hydrogen-bond donors (Lipinski definition) is 0. The molecule has 0 spiro atoms. The van der Waals surface area contributed by atoms with Crippen LogP contribution in [0.2, 0.25) is 0 Å². The summed E-state index contributed by atoms with van der Waals surface area (Å²) in [6, 6.07) is 68.2. The Balaban J connectivity index is 1.17. The Morgan fingerprint density at radius 2 is 0.860 bits per heavy atom. The second-order valence-electron chi connectivity index (χ2n) is 14.5. The van der Waals surface area contributed by atoms with Gasteiger partial charge in [-0.25, -0.2) is 4.98 Å². The van der Waals surface area contributed by atoms with Gasteiger partial charge >= 0.3 is 0 Å². The Labute approximate surface area is 328 Å². The van der Waals surface area contributed by atoms with Gasteiger partial charge in [0.15, 0.2) is 11.6 Å². The molecule has 0 saturated carbocycles. The van der Waals surface area contributed by atoms with E-state index < -0.39 is 0 Å². The first kappa shape index (κ1) is 31.5. The number of benzene rings is 8. The van der Waals surface area contributed by atoms with Crippen LogP contribution >= 0.6 is 0 Å². The first-order valence-corrected chi connectivity index (χ1v) is 19.2. The van der Waals surface area contributed by atoms with Crippen molar-refractivity contribution >= 4 is 60.7 Å². The lowest BCUT2D eigenvalue weighted by Gasteiger charge is -2.14. The molecule has 6 nitrogen and oxygen atoms in total. The number of fused-ring (bicyclic) bond motifs is 8. The maximum Gasteiger partial charge on any atom is 0.238 e. The summed E-state index contributed by atoms with van der Waals surface area (Å²) in [4.78, 5) is 18.2. The van der Waals surface area contributed by atoms with Gasteiger partial charge < -0.3 is 9.47 Å². The predicted molar refractivity (Wildman–Crippen MR) is 233 cm³/mol. The Hall–Kier alpha value is -7.83. The average molecular weight is 729 g/mol. The van der Waals surface area contributed by atoms with Crippen LogP contribution in [0.4, 0.5) is 17.1 Å². The SMILES string of the molecule is c1ccc(-c2ccc(-c3nc(-c4ccccc4)nc(-n4c5ccc6c(c5c5cccc(-n7c8ccccc8c8ccccc87)c54)N6c4ccccc4)n3)cc2)cc1. The standard InChI is InChI=1S/C51H32N6/c1-4-15-33(16-5-1)34-27-29-36(30-28-34)50-52-49(35-17-6-2-7-18-35)53-51(54-50)57-43-31-32-45-48(55(45)37-19-8-3-9-20-37)46(43)40-23-14-26-44(47(40)57)56-41-24-12-10-21-38(41)39-22-11-13-25-42(39)56/h1-32H. The van der Waals surface area contributed by atoms with Crippen molar-refractivity contribution in [1.82, 2.24) is 24.1 Å². The van der Waals surface area contributed by atoms with Crippen molar-refractivity contribution < 1.29 is 0 Å². The van der Waals surface area contributed by atoms with Gasteiger partial charge in [-0.3, -0.25) is 4.57 Å². The minimum atomic E-state index is 0.561. The van der Waals surface area contributed by atoms with Crippen molar-refractivity contribution in [2.45, 2.75) is 0 Å². The first-order chi connectivity index (χ1) is 28.3. The summed E-state index contributed by atoms with van der Waals surface area (Å²) in [7, 11) is 0. The molecule has 4 heterocycles. The minimum Gasteiger partial charge on any atom is -0.307 e. The highest BCUT2D eigenvalue weighted by atomic mass is 15.3. The second kappa shape index (κ2) is 12.3. The fourth-order valence-electron chi connectivity index (χ4n) is 8.64. The van der Waals surface area contributed by atoms with E-state index in [0.717, 1.165) is 55.5 Å². The normalized spacial score (nSPS) is 12.2. The van der Waals surface area contributed by atoms with Crippen LogP contribution in [0.15, 0.2) is 194 Å². The first-order valence-electron chi connectivity index (χ1n) is 19.2. The average Bonchev–Trinajstić information content (AvgIpc) is 3.79. The van der Waals surface area contributed by atoms with Crippen LogP contribution in [-0.2, 0) is 0 Å². The Morgan fingerprint density at radius 1 is 0.333 bits per heavy atom. The number of rotatable bonds is 6. The zero-order chi connectivity index (χ0) is 37.5. The summed E-state index contributed by atoms with van der Waals surface area (Å²) in [5, 5.41) is 4.73. The molecule has 0 fully saturated rings. The molecule has 0 aliphatic carbocycles. The van der Waals surface area contributed by atoms with Gasteiger partial charge in [0.05, 0.1) is 39.1 Å². The van der Waals surface area contributed by atoms with E-state index >= 15 is 0 Å². The van der Waals surface area contributed by atoms with Gasteiger partial charge in [-0.1, -0.05) is 152 Å². The number of hydrogen-bond acceptors (Lipinski definition) is 4. The van der Waals surface area contributed by atoms with E-state index in [0.29, 0.717) is 17.6 Å². The monoisotopic (exact) mass is 728 g/mol. The van der Waals surface area contributed by atoms with Crippen molar-refractivity contribution in [1.29, 1.82) is 0 Å². The lowest BCUT2D eigenvalue weighted by atomic mass is 10.0. The third kappa shape index (κ3) is 4.87. The number of para-hydroxylation sites is 4. The van der Waals surface area contributed by atoms with Gasteiger partial charge in [0.1, 0.15) is 0 Å². The van der Waals surface area contributed by atoms with Crippen LogP contribution in [0.5, 0.6) is 0 Å². The fourth-order valence-corrected chi connectivity index (χ4v) is 8.64. The Morgan fingerprint density at radius 3 is 1.53 bits per heavy atom. The summed E-state index contributed by atoms with van der Waals surface area (Å²) < 4.78 is 4.67. The van der Waals surface area contributed by atoms with E-state index in [1.165, 1.54) is 33.1 Å². The molecule has 0 saturated heterocycles. The zero-order valence-electron chi connectivity index (χ0n) is 30.7. The van der Waals surface area contributed by atoms with Crippen molar-refractivity contribution in [3.05, 3.63) is 194 Å². The van der Waals surface area contributed by atoms with Gasteiger partial charge in [0.25, 0.3) is 0 Å². The quantitative estimate of drug-likeness (QED) is 0.160. The van der Waals surface area contributed by atoms with Crippen molar-refractivity contribution in [2.75, 3.05) is 4.90 Å². The highest BCUT2D eigenvalue weighted by Crippen LogP contribution is 2.59. The number of aromatic nitrogens is 5. The van der Waals surface area contributed by atoms with E-state index in [-0.39, 0.29) is 0 Å². The lowest BCUT2D eigenvalue weighted by Crippen LogP contribution is -2.08. The lowest BCUT2D eigenvalue weighted by molar-refractivity contribution is 0.950. The molecule has 57 heavy (non-hydrogen) atoms. The van der Waals surface area contributed by atoms with E-state index in [1.807, 2.05) is 24.3 Å². The molecule has 6 heteroatoms. The molecule has 0 radical (unpaired) electrons. The van der Waals surface area contributed by atoms with Gasteiger partial charge in [-0.05, 0) is 53.6 Å². The van der Waals surface area contributed by atoms with E-state index in [9.17, 15) is 0 Å². The summed E-state index contributed by atoms with van der Waals surface area (Å²) in [6.07, 6.45) is 0. The molecule has 0 bridgehead atoms. The molecule has 3 aromatic heterocycles. The van der Waals surface area contributed by atoms with Crippen LogP contribution < -0.4 is 4.90 Å². The molecule has 0 unspecified atom stereocenters. The van der Waals surface area contributed by atoms with E-state index in [2.05, 4.69) is 184 Å². The van der Waals surface area contributed by atoms with Crippen LogP contribution in [0.1, 0.15) is 0 Å². The van der Waals surface area contributed by atoms with E-state index in [1.54, 1.807) is 0 Å². The molecule has 1 aliphatic rings. The van der Waals surface area contributed by atoms with Crippen LogP contribution in [0.25, 0.3) is 89.2 Å². The van der Waals surface area contributed by atoms with Crippen molar-refractivity contribution in [3.8, 4) is 45.5 Å². The highest BCUT2D eigenvalue weighted by molar-refractivity contribution is 6.26. The third-order valence-electron chi connectivity index (χ3n) is 11.2. The van der Waals surface area contributed by atoms with Crippen molar-refractivity contribution in [2.24, 2.45) is 0 Å². The van der Waals surface area contributed by atoms with Crippen LogP contribution in [0, 0.1) is 0 Å². The smallest absolute Gasteiger partial charge is 0.238 e. The molecule has 0 amide bonds. The van der Waals surface area contributed by atoms with Gasteiger partial charge in [0.2, 0.25) is 5.95 Å². The predicted octanol–water partition coefficient (Wildman–Crippen LogP) is 12.8. The van der Waals surface area contributed by atoms with Gasteiger partial charge in [-0.15, -0.1) is 0 Å². The molecular formula is C51H32N6. The van der Waals surface area contributed by atoms with Crippen LogP contribution in [0.3, 0.4) is 0 Å². The maximum atomic E-state index is 5.36. The van der Waals surface area contributed by atoms with Crippen LogP contribution in [-0.4, -0.2) is 24.1 Å². The molecule has 266 valence electrons. The summed E-state index contributed by atoms with van der Waals surface area (Å²) in [6.45, 7) is 0. The Bertz CT molecular complexity index is 3280. The molecule has 12 rings (SSSR count). The molecule has 8 aromatic carbocycles. The number of anilines is 3. The zero-order valence-corrected chi connectivity index (χ0v) is 30.7. The van der Waals surface area contributed by atoms with Gasteiger partial charge in [-0.2, -0.15) is 9.97 Å². The maximum absolute atomic E-state index is 5.36. The van der Waals surface area contributed by atoms with Gasteiger partial charge in [0, 0.05) is 38.4 Å². The number of nitrogens with zero attached hydrogens (tertiary/aromatic N) is 6. The Kier molecular flexibility index (Phi) is 6.83. The second-order valence-corrected chi connectivity index (χ2v) is 14.5. The fraction of sp³-hybridized carbons (Fsp3) is 0. The molecule has 11 aromatic rings. The molecule has 0 atom stereocenters. The molecular weight excluding hydrogens is 697 g/mol. The third-order valence-corrected chi connectivity index (χ3v) is 11.2. The largest absolute Gasteiger partial charge is 0.307 e. The minimum absolute atomic E-state index is 0.561. The summed E-state index contributed by atoms with van der Waals surface area (Å²) in [5.74, 6) is 1.79. The topological polar surface area (TPSA) is 51.5 Å². The molecule has 0 N–H and O–H groups in total. The summed E-state index contributed by atoms with van der Waals surface area (Å²) >= 11 is 0. The summed E-state index contributed by atoms with van der Waals surface area (Å²) in [5.41, 5.74) is 13.1. The van der Waals surface area contributed by atoms with E-state index in [4.69, 9.17) is 15.0 Å².